The minimum absolute atomic E-state index is 0.508. The average molecular weight is 230 g/mol. The lowest BCUT2D eigenvalue weighted by Gasteiger charge is -2.21. The first kappa shape index (κ1) is 10.0. The molecule has 2 heterocycles. The molecule has 1 aliphatic rings. The number of aromatic amines is 1. The molecule has 0 unspecified atom stereocenters. The van der Waals surface area contributed by atoms with Gasteiger partial charge in [-0.05, 0) is 42.5 Å². The van der Waals surface area contributed by atoms with Crippen LogP contribution < -0.4 is 5.73 Å². The molecule has 78 valence electrons. The first-order chi connectivity index (χ1) is 6.77. The van der Waals surface area contributed by atoms with Crippen molar-refractivity contribution in [2.24, 2.45) is 5.92 Å². The van der Waals surface area contributed by atoms with E-state index in [1.807, 2.05) is 16.3 Å². The topological polar surface area (TPSA) is 59.6 Å². The quantitative estimate of drug-likeness (QED) is 0.759. The van der Waals surface area contributed by atoms with E-state index in [0.717, 1.165) is 6.54 Å². The Morgan fingerprint density at radius 2 is 2.29 bits per heavy atom. The molecule has 1 aromatic heterocycles. The lowest BCUT2D eigenvalue weighted by atomic mass is 10.0. The van der Waals surface area contributed by atoms with Crippen LogP contribution in [0.3, 0.4) is 0 Å². The number of hydrogen-bond acceptors (Lipinski definition) is 4. The minimum atomic E-state index is 0.508. The summed E-state index contributed by atoms with van der Waals surface area (Å²) in [6.07, 6.45) is 2.52. The molecule has 4 nitrogen and oxygen atoms in total. The van der Waals surface area contributed by atoms with Gasteiger partial charge in [0.1, 0.15) is 0 Å². The van der Waals surface area contributed by atoms with Crippen molar-refractivity contribution in [1.29, 1.82) is 0 Å². The molecular formula is C8H14N4S2. The van der Waals surface area contributed by atoms with E-state index in [1.165, 1.54) is 24.3 Å². The summed E-state index contributed by atoms with van der Waals surface area (Å²) in [4.78, 5) is 0. The van der Waals surface area contributed by atoms with Crippen molar-refractivity contribution in [3.63, 3.8) is 0 Å². The molecule has 0 bridgehead atoms. The molecule has 0 amide bonds. The van der Waals surface area contributed by atoms with Crippen LogP contribution in [-0.2, 0) is 6.54 Å². The number of nitrogens with two attached hydrogens (primary N) is 1. The van der Waals surface area contributed by atoms with E-state index < -0.39 is 0 Å². The Labute approximate surface area is 92.3 Å². The van der Waals surface area contributed by atoms with Crippen molar-refractivity contribution in [1.82, 2.24) is 14.8 Å². The highest BCUT2D eigenvalue weighted by atomic mass is 32.2. The van der Waals surface area contributed by atoms with Crippen LogP contribution in [0.2, 0.25) is 0 Å². The van der Waals surface area contributed by atoms with Gasteiger partial charge in [-0.25, -0.2) is 5.10 Å². The maximum atomic E-state index is 5.71. The standard InChI is InChI=1S/C8H14N4S2/c9-7-10-11-8(13)12(7)5-6-1-3-14-4-2-6/h6H,1-5H2,(H2,9,10)(H,11,13). The van der Waals surface area contributed by atoms with Gasteiger partial charge in [-0.2, -0.15) is 11.8 Å². The Bertz CT molecular complexity index is 350. The van der Waals surface area contributed by atoms with Gasteiger partial charge >= 0.3 is 0 Å². The van der Waals surface area contributed by atoms with Gasteiger partial charge in [0.15, 0.2) is 4.77 Å². The molecule has 1 fully saturated rings. The van der Waals surface area contributed by atoms with E-state index in [0.29, 0.717) is 16.6 Å². The molecule has 1 aliphatic heterocycles. The van der Waals surface area contributed by atoms with Gasteiger partial charge in [-0.3, -0.25) is 4.57 Å². The van der Waals surface area contributed by atoms with Crippen molar-refractivity contribution in [2.75, 3.05) is 17.2 Å². The van der Waals surface area contributed by atoms with Gasteiger partial charge in [0.05, 0.1) is 0 Å². The highest BCUT2D eigenvalue weighted by Crippen LogP contribution is 2.24. The number of hydrogen-bond donors (Lipinski definition) is 2. The van der Waals surface area contributed by atoms with Gasteiger partial charge in [0.25, 0.3) is 0 Å². The maximum Gasteiger partial charge on any atom is 0.220 e. The number of rotatable bonds is 2. The molecule has 0 aromatic carbocycles. The first-order valence-electron chi connectivity index (χ1n) is 4.76. The summed E-state index contributed by atoms with van der Waals surface area (Å²) in [6.45, 7) is 0.918. The van der Waals surface area contributed by atoms with Gasteiger partial charge < -0.3 is 5.73 Å². The third-order valence-electron chi connectivity index (χ3n) is 2.57. The minimum Gasteiger partial charge on any atom is -0.368 e. The fraction of sp³-hybridized carbons (Fsp3) is 0.750. The zero-order chi connectivity index (χ0) is 9.97. The summed E-state index contributed by atoms with van der Waals surface area (Å²) >= 11 is 7.13. The van der Waals surface area contributed by atoms with Crippen LogP contribution in [0, 0.1) is 10.7 Å². The van der Waals surface area contributed by atoms with Crippen molar-refractivity contribution in [3.8, 4) is 0 Å². The fourth-order valence-electron chi connectivity index (χ4n) is 1.69. The number of thioether (sulfide) groups is 1. The predicted octanol–water partition coefficient (Wildman–Crippen LogP) is 1.67. The van der Waals surface area contributed by atoms with Crippen LogP contribution in [0.25, 0.3) is 0 Å². The van der Waals surface area contributed by atoms with E-state index in [-0.39, 0.29) is 0 Å². The summed E-state index contributed by atoms with van der Waals surface area (Å²) in [7, 11) is 0. The van der Waals surface area contributed by atoms with E-state index in [1.54, 1.807) is 0 Å². The Balaban J connectivity index is 2.06. The second-order valence-corrected chi connectivity index (χ2v) is 5.16. The predicted molar refractivity (Wildman–Crippen MR) is 61.9 cm³/mol. The molecule has 6 heteroatoms. The van der Waals surface area contributed by atoms with E-state index in [4.69, 9.17) is 18.0 Å². The van der Waals surface area contributed by atoms with Crippen LogP contribution in [0.1, 0.15) is 12.8 Å². The van der Waals surface area contributed by atoms with Crippen LogP contribution in [0.15, 0.2) is 0 Å². The van der Waals surface area contributed by atoms with Crippen molar-refractivity contribution in [2.45, 2.75) is 19.4 Å². The van der Waals surface area contributed by atoms with Gasteiger partial charge in [0.2, 0.25) is 5.95 Å². The molecule has 0 atom stereocenters. The summed E-state index contributed by atoms with van der Waals surface area (Å²) in [6, 6.07) is 0. The van der Waals surface area contributed by atoms with E-state index in [9.17, 15) is 0 Å². The molecular weight excluding hydrogens is 216 g/mol. The number of nitrogen functional groups attached to an aromatic ring is 1. The summed E-state index contributed by atoms with van der Waals surface area (Å²) < 4.78 is 2.54. The van der Waals surface area contributed by atoms with Crippen LogP contribution in [0.4, 0.5) is 5.95 Å². The molecule has 1 aromatic rings. The van der Waals surface area contributed by atoms with Gasteiger partial charge in [0, 0.05) is 6.54 Å². The lowest BCUT2D eigenvalue weighted by Crippen LogP contribution is -2.17. The second kappa shape index (κ2) is 4.35. The van der Waals surface area contributed by atoms with Crippen LogP contribution >= 0.6 is 24.0 Å². The van der Waals surface area contributed by atoms with Crippen LogP contribution in [-0.4, -0.2) is 26.3 Å². The first-order valence-corrected chi connectivity index (χ1v) is 6.32. The van der Waals surface area contributed by atoms with Crippen LogP contribution in [0.5, 0.6) is 0 Å². The number of anilines is 1. The third kappa shape index (κ3) is 2.12. The van der Waals surface area contributed by atoms with Gasteiger partial charge in [-0.15, -0.1) is 5.10 Å². The second-order valence-electron chi connectivity index (χ2n) is 3.55. The molecule has 0 spiro atoms. The SMILES string of the molecule is Nc1n[nH]c(=S)n1CC1CCSCC1. The number of aromatic nitrogens is 3. The summed E-state index contributed by atoms with van der Waals surface area (Å²) in [5.74, 6) is 3.74. The Morgan fingerprint density at radius 3 is 2.86 bits per heavy atom. The lowest BCUT2D eigenvalue weighted by molar-refractivity contribution is 0.417. The Morgan fingerprint density at radius 1 is 1.57 bits per heavy atom. The van der Waals surface area contributed by atoms with E-state index >= 15 is 0 Å². The third-order valence-corrected chi connectivity index (χ3v) is 3.93. The molecule has 0 radical (unpaired) electrons. The maximum absolute atomic E-state index is 5.71. The normalized spacial score (nSPS) is 18.6. The molecule has 3 N–H and O–H groups in total. The van der Waals surface area contributed by atoms with Crippen molar-refractivity contribution >= 4 is 29.9 Å². The highest BCUT2D eigenvalue weighted by molar-refractivity contribution is 7.99. The molecule has 14 heavy (non-hydrogen) atoms. The number of H-pyrrole nitrogens is 1. The fourth-order valence-corrected chi connectivity index (χ4v) is 3.11. The average Bonchev–Trinajstić information content (AvgIpc) is 2.51. The Hall–Kier alpha value is -0.490. The van der Waals surface area contributed by atoms with Crippen molar-refractivity contribution < 1.29 is 0 Å². The molecule has 1 saturated heterocycles. The summed E-state index contributed by atoms with van der Waals surface area (Å²) in [5, 5.41) is 6.61. The van der Waals surface area contributed by atoms with Gasteiger partial charge in [-0.1, -0.05) is 0 Å². The monoisotopic (exact) mass is 230 g/mol. The van der Waals surface area contributed by atoms with E-state index in [2.05, 4.69) is 10.2 Å². The smallest absolute Gasteiger partial charge is 0.220 e. The molecule has 2 rings (SSSR count). The largest absolute Gasteiger partial charge is 0.368 e. The Kier molecular flexibility index (Phi) is 3.12. The highest BCUT2D eigenvalue weighted by Gasteiger charge is 2.15. The zero-order valence-corrected chi connectivity index (χ0v) is 9.53. The zero-order valence-electron chi connectivity index (χ0n) is 7.90. The summed E-state index contributed by atoms with van der Waals surface area (Å²) in [5.41, 5.74) is 5.71. The molecule has 0 aliphatic carbocycles. The number of nitrogens with zero attached hydrogens (tertiary/aromatic N) is 2. The van der Waals surface area contributed by atoms with Crippen molar-refractivity contribution in [3.05, 3.63) is 4.77 Å². The number of nitrogens with one attached hydrogen (secondary N) is 1. The molecule has 0 saturated carbocycles.